The molecule has 0 fully saturated rings. The van der Waals surface area contributed by atoms with Crippen LogP contribution in [-0.2, 0) is 24.3 Å². The highest BCUT2D eigenvalue weighted by atomic mass is 35.5. The molecule has 2 aromatic rings. The number of sulfonamides is 1. The number of ether oxygens (including phenoxy) is 2. The Kier molecular flexibility index (Phi) is 6.04. The number of hydrogen-bond donors (Lipinski definition) is 1. The van der Waals surface area contributed by atoms with Crippen molar-refractivity contribution in [3.8, 4) is 0 Å². The van der Waals surface area contributed by atoms with E-state index in [2.05, 4.69) is 9.46 Å². The second-order valence-corrected chi connectivity index (χ2v) is 8.44. The number of methoxy groups -OCH3 is 1. The highest BCUT2D eigenvalue weighted by molar-refractivity contribution is 7.94. The standard InChI is InChI=1S/C15H14ClNO6S2/c1-9(14(18)22-2)23-15(19)10-3-5-11(6-4-10)17-25(20,21)13-8-7-12(16)24-13/h3-9,17H,1-2H3/t9-/m0/s1. The zero-order chi connectivity index (χ0) is 18.6. The molecule has 10 heteroatoms. The van der Waals surface area contributed by atoms with Gasteiger partial charge in [-0.3, -0.25) is 4.72 Å². The Hall–Kier alpha value is -2.10. The molecule has 134 valence electrons. The number of anilines is 1. The van der Waals surface area contributed by atoms with Gasteiger partial charge in [-0.05, 0) is 43.3 Å². The van der Waals surface area contributed by atoms with Gasteiger partial charge < -0.3 is 9.47 Å². The molecule has 1 heterocycles. The molecular weight excluding hydrogens is 390 g/mol. The lowest BCUT2D eigenvalue weighted by Gasteiger charge is -2.11. The van der Waals surface area contributed by atoms with Gasteiger partial charge in [0.15, 0.2) is 6.10 Å². The molecule has 0 radical (unpaired) electrons. The lowest BCUT2D eigenvalue weighted by Crippen LogP contribution is -2.25. The molecular formula is C15H14ClNO6S2. The fourth-order valence-electron chi connectivity index (χ4n) is 1.76. The van der Waals surface area contributed by atoms with Crippen LogP contribution < -0.4 is 4.72 Å². The first-order valence-electron chi connectivity index (χ1n) is 6.90. The highest BCUT2D eigenvalue weighted by Gasteiger charge is 2.20. The Morgan fingerprint density at radius 2 is 1.80 bits per heavy atom. The van der Waals surface area contributed by atoms with E-state index in [1.807, 2.05) is 0 Å². The fourth-order valence-corrected chi connectivity index (χ4v) is 4.31. The Morgan fingerprint density at radius 1 is 1.16 bits per heavy atom. The van der Waals surface area contributed by atoms with Gasteiger partial charge in [0.2, 0.25) is 0 Å². The predicted octanol–water partition coefficient (Wildman–Crippen LogP) is 2.92. The van der Waals surface area contributed by atoms with E-state index in [1.165, 1.54) is 50.4 Å². The van der Waals surface area contributed by atoms with Crippen molar-refractivity contribution >= 4 is 50.6 Å². The second-order valence-electron chi connectivity index (χ2n) is 4.81. The molecule has 0 amide bonds. The Morgan fingerprint density at radius 3 is 2.32 bits per heavy atom. The molecule has 0 saturated carbocycles. The van der Waals surface area contributed by atoms with Gasteiger partial charge in [-0.25, -0.2) is 18.0 Å². The number of rotatable bonds is 6. The van der Waals surface area contributed by atoms with E-state index in [0.29, 0.717) is 4.34 Å². The maximum absolute atomic E-state index is 12.2. The monoisotopic (exact) mass is 403 g/mol. The first-order valence-corrected chi connectivity index (χ1v) is 9.57. The van der Waals surface area contributed by atoms with Crippen LogP contribution in [0.4, 0.5) is 5.69 Å². The molecule has 7 nitrogen and oxygen atoms in total. The van der Waals surface area contributed by atoms with Gasteiger partial charge in [0.05, 0.1) is 17.0 Å². The van der Waals surface area contributed by atoms with Crippen LogP contribution in [0.3, 0.4) is 0 Å². The van der Waals surface area contributed by atoms with Crippen LogP contribution in [0, 0.1) is 0 Å². The Labute approximate surface area is 153 Å². The molecule has 0 bridgehead atoms. The summed E-state index contributed by atoms with van der Waals surface area (Å²) in [5.74, 6) is -1.40. The largest absolute Gasteiger partial charge is 0.466 e. The quantitative estimate of drug-likeness (QED) is 0.744. The van der Waals surface area contributed by atoms with Gasteiger partial charge in [0.1, 0.15) is 4.21 Å². The minimum absolute atomic E-state index is 0.0767. The second kappa shape index (κ2) is 7.85. The number of hydrogen-bond acceptors (Lipinski definition) is 7. The first-order chi connectivity index (χ1) is 11.7. The fraction of sp³-hybridized carbons (Fsp3) is 0.200. The van der Waals surface area contributed by atoms with Crippen molar-refractivity contribution in [3.05, 3.63) is 46.3 Å². The van der Waals surface area contributed by atoms with E-state index in [1.54, 1.807) is 0 Å². The van der Waals surface area contributed by atoms with Crippen LogP contribution >= 0.6 is 22.9 Å². The van der Waals surface area contributed by atoms with Crippen LogP contribution in [-0.4, -0.2) is 33.6 Å². The molecule has 0 aliphatic rings. The SMILES string of the molecule is COC(=O)[C@H](C)OC(=O)c1ccc(NS(=O)(=O)c2ccc(Cl)s2)cc1. The number of carbonyl (C=O) groups excluding carboxylic acids is 2. The molecule has 1 aromatic carbocycles. The van der Waals surface area contributed by atoms with Gasteiger partial charge in [-0.1, -0.05) is 11.6 Å². The van der Waals surface area contributed by atoms with Crippen molar-refractivity contribution in [2.24, 2.45) is 0 Å². The Balaban J connectivity index is 2.07. The molecule has 1 N–H and O–H groups in total. The molecule has 1 atom stereocenters. The minimum Gasteiger partial charge on any atom is -0.466 e. The van der Waals surface area contributed by atoms with Crippen molar-refractivity contribution in [2.75, 3.05) is 11.8 Å². The summed E-state index contributed by atoms with van der Waals surface area (Å²) in [5, 5.41) is 0. The van der Waals surface area contributed by atoms with Crippen LogP contribution in [0.25, 0.3) is 0 Å². The number of halogens is 1. The van der Waals surface area contributed by atoms with Crippen molar-refractivity contribution in [1.82, 2.24) is 0 Å². The third kappa shape index (κ3) is 4.94. The van der Waals surface area contributed by atoms with E-state index in [9.17, 15) is 18.0 Å². The number of thiophene rings is 1. The van der Waals surface area contributed by atoms with E-state index in [-0.39, 0.29) is 15.5 Å². The van der Waals surface area contributed by atoms with Gasteiger partial charge in [-0.2, -0.15) is 0 Å². The third-order valence-electron chi connectivity index (χ3n) is 3.00. The molecule has 0 unspecified atom stereocenters. The molecule has 25 heavy (non-hydrogen) atoms. The third-order valence-corrected chi connectivity index (χ3v) is 6.11. The van der Waals surface area contributed by atoms with Gasteiger partial charge in [0, 0.05) is 5.69 Å². The van der Waals surface area contributed by atoms with E-state index >= 15 is 0 Å². The predicted molar refractivity (Wildman–Crippen MR) is 93.5 cm³/mol. The van der Waals surface area contributed by atoms with Crippen molar-refractivity contribution in [3.63, 3.8) is 0 Å². The van der Waals surface area contributed by atoms with Gasteiger partial charge in [0.25, 0.3) is 10.0 Å². The summed E-state index contributed by atoms with van der Waals surface area (Å²) in [7, 11) is -2.56. The van der Waals surface area contributed by atoms with Crippen molar-refractivity contribution in [1.29, 1.82) is 0 Å². The summed E-state index contributed by atoms with van der Waals surface area (Å²) in [5.41, 5.74) is 0.431. The van der Waals surface area contributed by atoms with Crippen LogP contribution in [0.15, 0.2) is 40.6 Å². The maximum Gasteiger partial charge on any atom is 0.346 e. The zero-order valence-corrected chi connectivity index (χ0v) is 15.6. The van der Waals surface area contributed by atoms with Gasteiger partial charge >= 0.3 is 11.9 Å². The lowest BCUT2D eigenvalue weighted by molar-refractivity contribution is -0.149. The summed E-state index contributed by atoms with van der Waals surface area (Å²) in [6.07, 6.45) is -1.04. The maximum atomic E-state index is 12.2. The number of benzene rings is 1. The average Bonchev–Trinajstić information content (AvgIpc) is 3.01. The topological polar surface area (TPSA) is 98.8 Å². The smallest absolute Gasteiger partial charge is 0.346 e. The summed E-state index contributed by atoms with van der Waals surface area (Å²) < 4.78 is 36.6. The molecule has 2 rings (SSSR count). The summed E-state index contributed by atoms with van der Waals surface area (Å²) in [6, 6.07) is 8.47. The van der Waals surface area contributed by atoms with Gasteiger partial charge in [-0.15, -0.1) is 11.3 Å². The summed E-state index contributed by atoms with van der Waals surface area (Å²) in [6.45, 7) is 1.39. The molecule has 0 spiro atoms. The van der Waals surface area contributed by atoms with E-state index in [0.717, 1.165) is 11.3 Å². The van der Waals surface area contributed by atoms with E-state index < -0.39 is 28.1 Å². The van der Waals surface area contributed by atoms with E-state index in [4.69, 9.17) is 16.3 Å². The number of nitrogens with one attached hydrogen (secondary N) is 1. The van der Waals surface area contributed by atoms with Crippen LogP contribution in [0.1, 0.15) is 17.3 Å². The number of carbonyl (C=O) groups is 2. The molecule has 0 aliphatic heterocycles. The van der Waals surface area contributed by atoms with Crippen LogP contribution in [0.2, 0.25) is 4.34 Å². The van der Waals surface area contributed by atoms with Crippen molar-refractivity contribution < 1.29 is 27.5 Å². The normalized spacial score (nSPS) is 12.3. The zero-order valence-electron chi connectivity index (χ0n) is 13.2. The summed E-state index contributed by atoms with van der Waals surface area (Å²) in [4.78, 5) is 23.2. The van der Waals surface area contributed by atoms with Crippen molar-refractivity contribution in [2.45, 2.75) is 17.2 Å². The van der Waals surface area contributed by atoms with Crippen LogP contribution in [0.5, 0.6) is 0 Å². The minimum atomic E-state index is -3.75. The lowest BCUT2D eigenvalue weighted by atomic mass is 10.2. The summed E-state index contributed by atoms with van der Waals surface area (Å²) >= 11 is 6.67. The highest BCUT2D eigenvalue weighted by Crippen LogP contribution is 2.27. The molecule has 1 aromatic heterocycles. The average molecular weight is 404 g/mol. The first kappa shape index (κ1) is 19.2. The Bertz CT molecular complexity index is 876. The molecule has 0 saturated heterocycles. The number of esters is 2. The molecule has 0 aliphatic carbocycles.